The van der Waals surface area contributed by atoms with E-state index in [0.717, 1.165) is 46.2 Å². The maximum atomic E-state index is 6.28. The predicted molar refractivity (Wildman–Crippen MR) is 104 cm³/mol. The van der Waals surface area contributed by atoms with Gasteiger partial charge in [0.15, 0.2) is 5.76 Å². The highest BCUT2D eigenvalue weighted by atomic mass is 16.5. The molecule has 0 aliphatic heterocycles. The van der Waals surface area contributed by atoms with Gasteiger partial charge in [-0.25, -0.2) is 4.98 Å². The second-order valence-electron chi connectivity index (χ2n) is 6.49. The monoisotopic (exact) mass is 347 g/mol. The molecule has 2 aromatic heterocycles. The number of nitrogen functional groups attached to an aromatic ring is 1. The summed E-state index contributed by atoms with van der Waals surface area (Å²) in [7, 11) is 0. The number of nitrogens with zero attached hydrogens (tertiary/aromatic N) is 3. The van der Waals surface area contributed by atoms with Crippen molar-refractivity contribution in [1.29, 1.82) is 0 Å². The lowest BCUT2D eigenvalue weighted by Gasteiger charge is -2.10. The van der Waals surface area contributed by atoms with E-state index in [4.69, 9.17) is 10.3 Å². The Balaban J connectivity index is 1.79. The van der Waals surface area contributed by atoms with Gasteiger partial charge in [0.1, 0.15) is 22.7 Å². The molecule has 0 aliphatic carbocycles. The number of anilines is 3. The molecule has 4 aromatic rings. The highest BCUT2D eigenvalue weighted by Crippen LogP contribution is 2.31. The van der Waals surface area contributed by atoms with Crippen molar-refractivity contribution in [2.24, 2.45) is 0 Å². The zero-order chi connectivity index (χ0) is 18.3. The molecule has 0 spiro atoms. The summed E-state index contributed by atoms with van der Waals surface area (Å²) in [6.45, 7) is 6.54. The average Bonchev–Trinajstić information content (AvgIpc) is 3.11. The molecule has 0 atom stereocenters. The Labute approximate surface area is 151 Å². The number of aryl methyl sites for hydroxylation is 3. The zero-order valence-electron chi connectivity index (χ0n) is 15.1. The summed E-state index contributed by atoms with van der Waals surface area (Å²) in [6, 6.07) is 14.3. The van der Waals surface area contributed by atoms with E-state index in [0.29, 0.717) is 5.69 Å². The molecule has 0 unspecified atom stereocenters. The number of benzene rings is 2. The summed E-state index contributed by atoms with van der Waals surface area (Å²) in [5, 5.41) is 7.36. The van der Waals surface area contributed by atoms with Crippen LogP contribution in [-0.4, -0.2) is 14.7 Å². The van der Waals surface area contributed by atoms with Crippen molar-refractivity contribution in [3.63, 3.8) is 0 Å². The predicted octanol–water partition coefficient (Wildman–Crippen LogP) is 4.32. The van der Waals surface area contributed by atoms with Crippen molar-refractivity contribution in [3.8, 4) is 0 Å². The number of hydrogen-bond donors (Lipinski definition) is 2. The topological polar surface area (TPSA) is 81.9 Å². The molecule has 26 heavy (non-hydrogen) atoms. The first-order valence-electron chi connectivity index (χ1n) is 8.53. The average molecular weight is 347 g/mol. The largest absolute Gasteiger partial charge is 0.397 e. The van der Waals surface area contributed by atoms with Crippen molar-refractivity contribution in [2.45, 2.75) is 27.3 Å². The normalized spacial score (nSPS) is 11.2. The molecule has 2 heterocycles. The Hall–Kier alpha value is -3.28. The third-order valence-corrected chi connectivity index (χ3v) is 4.56. The van der Waals surface area contributed by atoms with Gasteiger partial charge in [0.25, 0.3) is 0 Å². The van der Waals surface area contributed by atoms with E-state index in [9.17, 15) is 0 Å². The molecule has 0 bridgehead atoms. The van der Waals surface area contributed by atoms with Crippen molar-refractivity contribution in [1.82, 2.24) is 14.7 Å². The highest BCUT2D eigenvalue weighted by Gasteiger charge is 2.14. The Morgan fingerprint density at radius 1 is 1.12 bits per heavy atom. The van der Waals surface area contributed by atoms with Gasteiger partial charge in [-0.05, 0) is 38.5 Å². The van der Waals surface area contributed by atoms with Crippen LogP contribution in [0, 0.1) is 20.8 Å². The van der Waals surface area contributed by atoms with Crippen LogP contribution in [0.4, 0.5) is 17.1 Å². The van der Waals surface area contributed by atoms with Gasteiger partial charge < -0.3 is 20.1 Å². The summed E-state index contributed by atoms with van der Waals surface area (Å²) in [4.78, 5) is 4.66. The Morgan fingerprint density at radius 3 is 2.58 bits per heavy atom. The molecule has 0 saturated carbocycles. The van der Waals surface area contributed by atoms with Crippen LogP contribution in [0.3, 0.4) is 0 Å². The SMILES string of the molecule is Cc1noc(C)c1Nc1cc(N)c2nc(C)n(Cc3ccccc3)c2c1. The van der Waals surface area contributed by atoms with Crippen LogP contribution in [0.1, 0.15) is 22.8 Å². The molecule has 2 aromatic carbocycles. The van der Waals surface area contributed by atoms with E-state index in [1.165, 1.54) is 5.56 Å². The first kappa shape index (κ1) is 16.2. The van der Waals surface area contributed by atoms with E-state index in [-0.39, 0.29) is 0 Å². The lowest BCUT2D eigenvalue weighted by atomic mass is 10.2. The van der Waals surface area contributed by atoms with Crippen molar-refractivity contribution in [2.75, 3.05) is 11.1 Å². The minimum atomic E-state index is 0.645. The van der Waals surface area contributed by atoms with Crippen LogP contribution in [0.2, 0.25) is 0 Å². The van der Waals surface area contributed by atoms with Crippen LogP contribution < -0.4 is 11.1 Å². The third kappa shape index (κ3) is 2.79. The van der Waals surface area contributed by atoms with Crippen molar-refractivity contribution >= 4 is 28.1 Å². The van der Waals surface area contributed by atoms with E-state index < -0.39 is 0 Å². The van der Waals surface area contributed by atoms with Crippen molar-refractivity contribution < 1.29 is 4.52 Å². The second-order valence-corrected chi connectivity index (χ2v) is 6.49. The number of hydrogen-bond acceptors (Lipinski definition) is 5. The Bertz CT molecular complexity index is 1060. The number of fused-ring (bicyclic) bond motifs is 1. The standard InChI is InChI=1S/C20H21N5O/c1-12-19(13(2)26-24-12)23-16-9-17(21)20-18(10-16)25(14(3)22-20)11-15-7-5-4-6-8-15/h4-10,23H,11,21H2,1-3H3. The van der Waals surface area contributed by atoms with Crippen molar-refractivity contribution in [3.05, 3.63) is 65.3 Å². The molecule has 0 radical (unpaired) electrons. The minimum absolute atomic E-state index is 0.645. The Kier molecular flexibility index (Phi) is 3.88. The molecular formula is C20H21N5O. The molecule has 0 saturated heterocycles. The van der Waals surface area contributed by atoms with Crippen LogP contribution in [0.5, 0.6) is 0 Å². The van der Waals surface area contributed by atoms with Gasteiger partial charge in [-0.2, -0.15) is 0 Å². The first-order valence-corrected chi connectivity index (χ1v) is 8.53. The highest BCUT2D eigenvalue weighted by molar-refractivity contribution is 5.92. The quantitative estimate of drug-likeness (QED) is 0.537. The number of aromatic nitrogens is 3. The molecular weight excluding hydrogens is 326 g/mol. The van der Waals surface area contributed by atoms with Crippen LogP contribution in [0.15, 0.2) is 47.0 Å². The van der Waals surface area contributed by atoms with Crippen LogP contribution in [0.25, 0.3) is 11.0 Å². The van der Waals surface area contributed by atoms with E-state index in [1.807, 2.05) is 45.0 Å². The molecule has 6 nitrogen and oxygen atoms in total. The summed E-state index contributed by atoms with van der Waals surface area (Å²) < 4.78 is 7.41. The molecule has 3 N–H and O–H groups in total. The van der Waals surface area contributed by atoms with Crippen LogP contribution >= 0.6 is 0 Å². The fourth-order valence-corrected chi connectivity index (χ4v) is 3.21. The zero-order valence-corrected chi connectivity index (χ0v) is 15.1. The maximum Gasteiger partial charge on any atom is 0.157 e. The number of nitrogens with one attached hydrogen (secondary N) is 1. The lowest BCUT2D eigenvalue weighted by molar-refractivity contribution is 0.393. The van der Waals surface area contributed by atoms with Crippen LogP contribution in [-0.2, 0) is 6.54 Å². The minimum Gasteiger partial charge on any atom is -0.397 e. The van der Waals surface area contributed by atoms with E-state index in [2.05, 4.69) is 38.2 Å². The molecule has 132 valence electrons. The molecule has 0 fully saturated rings. The molecule has 0 aliphatic rings. The fourth-order valence-electron chi connectivity index (χ4n) is 3.21. The number of imidazole rings is 1. The number of rotatable bonds is 4. The van der Waals surface area contributed by atoms with Gasteiger partial charge in [-0.3, -0.25) is 0 Å². The smallest absolute Gasteiger partial charge is 0.157 e. The number of nitrogens with two attached hydrogens (primary N) is 1. The van der Waals surface area contributed by atoms with Gasteiger partial charge >= 0.3 is 0 Å². The molecule has 4 rings (SSSR count). The lowest BCUT2D eigenvalue weighted by Crippen LogP contribution is -2.02. The summed E-state index contributed by atoms with van der Waals surface area (Å²) in [5.74, 6) is 1.68. The van der Waals surface area contributed by atoms with E-state index in [1.54, 1.807) is 0 Å². The van der Waals surface area contributed by atoms with Gasteiger partial charge in [0.05, 0.1) is 11.2 Å². The van der Waals surface area contributed by atoms with E-state index >= 15 is 0 Å². The first-order chi connectivity index (χ1) is 12.5. The van der Waals surface area contributed by atoms with Gasteiger partial charge in [-0.15, -0.1) is 0 Å². The second kappa shape index (κ2) is 6.22. The third-order valence-electron chi connectivity index (χ3n) is 4.56. The van der Waals surface area contributed by atoms with Gasteiger partial charge in [0.2, 0.25) is 0 Å². The summed E-state index contributed by atoms with van der Waals surface area (Å²) in [6.07, 6.45) is 0. The summed E-state index contributed by atoms with van der Waals surface area (Å²) in [5.41, 5.74) is 12.5. The fraction of sp³-hybridized carbons (Fsp3) is 0.200. The maximum absolute atomic E-state index is 6.28. The molecule has 0 amide bonds. The molecule has 6 heteroatoms. The van der Waals surface area contributed by atoms with Gasteiger partial charge in [0, 0.05) is 12.2 Å². The Morgan fingerprint density at radius 2 is 1.88 bits per heavy atom. The van der Waals surface area contributed by atoms with Gasteiger partial charge in [-0.1, -0.05) is 35.5 Å². The summed E-state index contributed by atoms with van der Waals surface area (Å²) >= 11 is 0.